The van der Waals surface area contributed by atoms with Gasteiger partial charge in [-0.05, 0) is 62.2 Å². The summed E-state index contributed by atoms with van der Waals surface area (Å²) in [6.07, 6.45) is 7.10. The number of nitrogens with two attached hydrogens (primary N) is 1. The zero-order valence-corrected chi connectivity index (χ0v) is 20.9. The lowest BCUT2D eigenvalue weighted by Crippen LogP contribution is -2.34. The largest absolute Gasteiger partial charge is 0.491 e. The summed E-state index contributed by atoms with van der Waals surface area (Å²) >= 11 is 0. The molecule has 3 heterocycles. The Morgan fingerprint density at radius 2 is 2.05 bits per heavy atom. The molecule has 1 aliphatic carbocycles. The molecule has 3 aromatic rings. The van der Waals surface area contributed by atoms with Gasteiger partial charge < -0.3 is 20.5 Å². The first-order valence-corrected chi connectivity index (χ1v) is 11.8. The van der Waals surface area contributed by atoms with Crippen LogP contribution >= 0.6 is 0 Å². The number of benzene rings is 1. The predicted octanol–water partition coefficient (Wildman–Crippen LogP) is 2.32. The third kappa shape index (κ3) is 7.46. The molecular formula is C27H30FN5O4. The summed E-state index contributed by atoms with van der Waals surface area (Å²) in [4.78, 5) is 27.5. The van der Waals surface area contributed by atoms with E-state index in [0.29, 0.717) is 37.3 Å². The van der Waals surface area contributed by atoms with Crippen LogP contribution in [0.2, 0.25) is 0 Å². The molecule has 9 nitrogen and oxygen atoms in total. The maximum atomic E-state index is 12.8. The lowest BCUT2D eigenvalue weighted by molar-refractivity contribution is -0.118. The maximum Gasteiger partial charge on any atom is 0.234 e. The van der Waals surface area contributed by atoms with E-state index < -0.39 is 11.5 Å². The number of aromatic nitrogens is 3. The Kier molecular flexibility index (Phi) is 9.49. The van der Waals surface area contributed by atoms with Crippen LogP contribution < -0.4 is 15.4 Å². The average molecular weight is 508 g/mol. The van der Waals surface area contributed by atoms with Crippen LogP contribution in [-0.4, -0.2) is 58.5 Å². The normalized spacial score (nSPS) is 15.1. The third-order valence-electron chi connectivity index (χ3n) is 5.81. The number of halogens is 1. The summed E-state index contributed by atoms with van der Waals surface area (Å²) in [5.41, 5.74) is 6.64. The number of ether oxygens (including phenoxy) is 1. The van der Waals surface area contributed by atoms with E-state index in [1.54, 1.807) is 36.5 Å². The first-order valence-electron chi connectivity index (χ1n) is 11.8. The van der Waals surface area contributed by atoms with Crippen LogP contribution in [0.15, 0.2) is 48.8 Å². The minimum atomic E-state index is -0.814. The number of rotatable bonds is 3. The molecule has 2 aromatic heterocycles. The van der Waals surface area contributed by atoms with Crippen LogP contribution in [0.1, 0.15) is 42.5 Å². The number of fused-ring (bicyclic) bond motifs is 1. The number of nitrogens with zero attached hydrogens (tertiary/aromatic N) is 4. The summed E-state index contributed by atoms with van der Waals surface area (Å²) in [5.74, 6) is 6.15. The second-order valence-corrected chi connectivity index (χ2v) is 8.43. The monoisotopic (exact) mass is 507 g/mol. The number of hydrogen-bond donors (Lipinski definition) is 2. The van der Waals surface area contributed by atoms with Crippen LogP contribution in [-0.2, 0) is 16.0 Å². The molecule has 10 heteroatoms. The Morgan fingerprint density at radius 1 is 1.27 bits per heavy atom. The molecule has 3 N–H and O–H groups in total. The average Bonchev–Trinajstić information content (AvgIpc) is 3.29. The summed E-state index contributed by atoms with van der Waals surface area (Å²) in [7, 11) is 3.24. The van der Waals surface area contributed by atoms with E-state index >= 15 is 0 Å². The molecule has 194 valence electrons. The van der Waals surface area contributed by atoms with E-state index in [2.05, 4.69) is 27.7 Å². The van der Waals surface area contributed by atoms with Gasteiger partial charge in [0, 0.05) is 30.9 Å². The van der Waals surface area contributed by atoms with Gasteiger partial charge in [-0.15, -0.1) is 0 Å². The van der Waals surface area contributed by atoms with Gasteiger partial charge in [0.2, 0.25) is 18.3 Å². The van der Waals surface area contributed by atoms with Gasteiger partial charge in [0.25, 0.3) is 0 Å². The van der Waals surface area contributed by atoms with E-state index in [-0.39, 0.29) is 5.91 Å². The van der Waals surface area contributed by atoms with E-state index in [1.807, 2.05) is 18.2 Å². The van der Waals surface area contributed by atoms with Crippen molar-refractivity contribution in [3.05, 3.63) is 71.6 Å². The molecule has 1 fully saturated rings. The summed E-state index contributed by atoms with van der Waals surface area (Å²) in [6, 6.07) is 10.1. The highest BCUT2D eigenvalue weighted by Crippen LogP contribution is 2.33. The van der Waals surface area contributed by atoms with Crippen LogP contribution in [0.4, 0.5) is 10.1 Å². The Morgan fingerprint density at radius 3 is 2.70 bits per heavy atom. The van der Waals surface area contributed by atoms with Gasteiger partial charge in [0.15, 0.2) is 0 Å². The van der Waals surface area contributed by atoms with Crippen molar-refractivity contribution in [2.24, 2.45) is 5.73 Å². The second kappa shape index (κ2) is 12.8. The van der Waals surface area contributed by atoms with Crippen molar-refractivity contribution >= 4 is 18.0 Å². The highest BCUT2D eigenvalue weighted by atomic mass is 19.1. The van der Waals surface area contributed by atoms with E-state index in [0.717, 1.165) is 40.8 Å². The molecule has 2 aliphatic rings. The van der Waals surface area contributed by atoms with Gasteiger partial charge in [-0.25, -0.2) is 9.67 Å². The molecular weight excluding hydrogens is 477 g/mol. The Hall–Kier alpha value is -4.07. The smallest absolute Gasteiger partial charge is 0.234 e. The van der Waals surface area contributed by atoms with E-state index in [4.69, 9.17) is 4.74 Å². The molecule has 0 spiro atoms. The van der Waals surface area contributed by atoms with Crippen molar-refractivity contribution in [1.29, 1.82) is 0 Å². The molecule has 1 aromatic carbocycles. The number of aliphatic hydroxyl groups is 1. The minimum Gasteiger partial charge on any atom is -0.491 e. The van der Waals surface area contributed by atoms with Crippen molar-refractivity contribution in [2.75, 3.05) is 25.6 Å². The molecule has 5 rings (SSSR count). The van der Waals surface area contributed by atoms with Gasteiger partial charge >= 0.3 is 0 Å². The highest BCUT2D eigenvalue weighted by Gasteiger charge is 2.32. The first kappa shape index (κ1) is 27.5. The second-order valence-electron chi connectivity index (χ2n) is 8.43. The van der Waals surface area contributed by atoms with Crippen molar-refractivity contribution < 1.29 is 23.8 Å². The van der Waals surface area contributed by atoms with Gasteiger partial charge in [-0.1, -0.05) is 17.9 Å². The first-order chi connectivity index (χ1) is 17.8. The van der Waals surface area contributed by atoms with Crippen molar-refractivity contribution in [1.82, 2.24) is 14.8 Å². The predicted molar refractivity (Wildman–Crippen MR) is 137 cm³/mol. The number of carbonyl (C=O) groups excluding carboxylic acids is 2. The Labute approximate surface area is 215 Å². The van der Waals surface area contributed by atoms with Crippen molar-refractivity contribution in [3.8, 4) is 17.6 Å². The minimum absolute atomic E-state index is 0.0338. The molecule has 1 saturated carbocycles. The molecule has 0 saturated heterocycles. The van der Waals surface area contributed by atoms with Crippen LogP contribution in [0.25, 0.3) is 0 Å². The van der Waals surface area contributed by atoms with E-state index in [9.17, 15) is 19.1 Å². The topological polar surface area (TPSA) is 124 Å². The van der Waals surface area contributed by atoms with Crippen LogP contribution in [0.5, 0.6) is 5.75 Å². The standard InChI is InChI=1S/C16H17NO3.C10H8FN3O.CH5N/c1-17-13-11-12(5-9-16(19)7-2-8-16)3-4-14(13)20-10-6-15(17)18;11-10-3-1-2-9(13-10)4-8-5-12-14(6-8)7-15;1-2/h3-4,11,19H,2,6-8,10H2,1H3;1-3,5-7H,4H2;2H2,1H3. The zero-order chi connectivity index (χ0) is 26.8. The third-order valence-corrected chi connectivity index (χ3v) is 5.81. The Balaban J connectivity index is 0.000000200. The summed E-state index contributed by atoms with van der Waals surface area (Å²) in [5, 5.41) is 13.8. The number of anilines is 1. The fraction of sp³-hybridized carbons (Fsp3) is 0.333. The van der Waals surface area contributed by atoms with E-state index in [1.165, 1.54) is 13.1 Å². The lowest BCUT2D eigenvalue weighted by atomic mass is 9.81. The number of carbonyl (C=O) groups is 2. The summed E-state index contributed by atoms with van der Waals surface area (Å²) in [6.45, 7) is 0.404. The van der Waals surface area contributed by atoms with Crippen molar-refractivity contribution in [3.63, 3.8) is 0 Å². The number of hydrogen-bond acceptors (Lipinski definition) is 7. The molecule has 37 heavy (non-hydrogen) atoms. The fourth-order valence-electron chi connectivity index (χ4n) is 3.64. The molecule has 0 unspecified atom stereocenters. The number of amides is 1. The molecule has 0 atom stereocenters. The van der Waals surface area contributed by atoms with Crippen molar-refractivity contribution in [2.45, 2.75) is 37.7 Å². The highest BCUT2D eigenvalue weighted by molar-refractivity contribution is 5.95. The molecule has 0 bridgehead atoms. The molecule has 0 radical (unpaired) electrons. The fourth-order valence-corrected chi connectivity index (χ4v) is 3.64. The molecule has 1 amide bonds. The van der Waals surface area contributed by atoms with Gasteiger partial charge in [-0.3, -0.25) is 9.59 Å². The summed E-state index contributed by atoms with van der Waals surface area (Å²) < 4.78 is 19.5. The molecule has 1 aliphatic heterocycles. The van der Waals surface area contributed by atoms with Crippen LogP contribution in [0, 0.1) is 17.8 Å². The Bertz CT molecular complexity index is 1290. The zero-order valence-electron chi connectivity index (χ0n) is 20.9. The number of pyridine rings is 1. The quantitative estimate of drug-likeness (QED) is 0.317. The van der Waals surface area contributed by atoms with Gasteiger partial charge in [-0.2, -0.15) is 9.49 Å². The van der Waals surface area contributed by atoms with Gasteiger partial charge in [0.05, 0.1) is 24.9 Å². The van der Waals surface area contributed by atoms with Crippen LogP contribution in [0.3, 0.4) is 0 Å². The maximum absolute atomic E-state index is 12.8. The van der Waals surface area contributed by atoms with Gasteiger partial charge in [0.1, 0.15) is 11.4 Å². The SMILES string of the molecule is CN.CN1C(=O)CCOc2ccc(C#CC3(O)CCC3)cc21.O=Cn1cc(Cc2cccc(F)n2)cn1. The lowest BCUT2D eigenvalue weighted by Gasteiger charge is -2.30.